The van der Waals surface area contributed by atoms with Gasteiger partial charge in [0.1, 0.15) is 0 Å². The van der Waals surface area contributed by atoms with E-state index >= 15 is 0 Å². The quantitative estimate of drug-likeness (QED) is 0.696. The fourth-order valence-electron chi connectivity index (χ4n) is 3.36. The third-order valence-corrected chi connectivity index (χ3v) is 4.70. The highest BCUT2D eigenvalue weighted by molar-refractivity contribution is 5.94. The normalized spacial score (nSPS) is 14.4. The van der Waals surface area contributed by atoms with Crippen LogP contribution in [0.2, 0.25) is 0 Å². The van der Waals surface area contributed by atoms with Gasteiger partial charge in [-0.2, -0.15) is 0 Å². The van der Waals surface area contributed by atoms with Crippen LogP contribution in [0.4, 0.5) is 10.5 Å². The number of fused-ring (bicyclic) bond motifs is 1. The zero-order chi connectivity index (χ0) is 17.2. The van der Waals surface area contributed by atoms with Crippen molar-refractivity contribution in [3.8, 4) is 0 Å². The molecule has 2 N–H and O–H groups in total. The second-order valence-corrected chi connectivity index (χ2v) is 6.47. The van der Waals surface area contributed by atoms with Crippen molar-refractivity contribution in [2.75, 3.05) is 18.4 Å². The van der Waals surface area contributed by atoms with Gasteiger partial charge < -0.3 is 15.2 Å². The summed E-state index contributed by atoms with van der Waals surface area (Å²) in [6.45, 7) is 3.38. The van der Waals surface area contributed by atoms with Crippen LogP contribution in [0.3, 0.4) is 0 Å². The van der Waals surface area contributed by atoms with E-state index in [2.05, 4.69) is 40.8 Å². The molecule has 0 radical (unpaired) electrons. The predicted molar refractivity (Wildman–Crippen MR) is 103 cm³/mol. The lowest BCUT2D eigenvalue weighted by Crippen LogP contribution is -2.37. The summed E-state index contributed by atoms with van der Waals surface area (Å²) in [5, 5.41) is 4.23. The monoisotopic (exact) mass is 331 g/mol. The molecule has 2 heterocycles. The summed E-state index contributed by atoms with van der Waals surface area (Å²) < 4.78 is 0. The number of urea groups is 1. The first-order valence-electron chi connectivity index (χ1n) is 8.59. The highest BCUT2D eigenvalue weighted by Crippen LogP contribution is 2.29. The number of nitrogens with zero attached hydrogens (tertiary/aromatic N) is 1. The second kappa shape index (κ2) is 6.48. The Hall–Kier alpha value is -3.01. The molecule has 1 aromatic heterocycles. The fraction of sp³-hybridized carbons (Fsp3) is 0.190. The van der Waals surface area contributed by atoms with Crippen LogP contribution in [0.15, 0.2) is 60.8 Å². The summed E-state index contributed by atoms with van der Waals surface area (Å²) in [5.74, 6) is 0. The van der Waals surface area contributed by atoms with Gasteiger partial charge in [0.15, 0.2) is 0 Å². The first-order valence-corrected chi connectivity index (χ1v) is 8.59. The van der Waals surface area contributed by atoms with Gasteiger partial charge in [0, 0.05) is 41.4 Å². The topological polar surface area (TPSA) is 48.1 Å². The number of rotatable bonds is 2. The molecule has 0 saturated heterocycles. The number of aryl methyl sites for hydroxylation is 1. The molecular formula is C21H21N3O. The second-order valence-electron chi connectivity index (χ2n) is 6.47. The van der Waals surface area contributed by atoms with E-state index in [1.807, 2.05) is 42.2 Å². The van der Waals surface area contributed by atoms with E-state index in [0.717, 1.165) is 29.7 Å². The molecule has 0 fully saturated rings. The molecule has 0 aliphatic carbocycles. The van der Waals surface area contributed by atoms with Gasteiger partial charge >= 0.3 is 6.03 Å². The zero-order valence-corrected chi connectivity index (χ0v) is 14.3. The van der Waals surface area contributed by atoms with E-state index in [1.165, 1.54) is 16.5 Å². The number of carbonyl (C=O) groups excluding carboxylic acids is 1. The fourth-order valence-corrected chi connectivity index (χ4v) is 3.36. The Bertz CT molecular complexity index is 954. The first kappa shape index (κ1) is 15.5. The number of hydrogen-bond donors (Lipinski definition) is 2. The lowest BCUT2D eigenvalue weighted by atomic mass is 9.99. The zero-order valence-electron chi connectivity index (χ0n) is 14.3. The van der Waals surface area contributed by atoms with Crippen molar-refractivity contribution in [2.45, 2.75) is 13.3 Å². The number of aromatic nitrogens is 1. The van der Waals surface area contributed by atoms with Crippen molar-refractivity contribution >= 4 is 28.2 Å². The van der Waals surface area contributed by atoms with Gasteiger partial charge in [0.2, 0.25) is 0 Å². The van der Waals surface area contributed by atoms with Crippen LogP contribution in [0.25, 0.3) is 16.5 Å². The highest BCUT2D eigenvalue weighted by Gasteiger charge is 2.19. The van der Waals surface area contributed by atoms with E-state index in [9.17, 15) is 4.79 Å². The number of nitrogens with one attached hydrogen (secondary N) is 2. The van der Waals surface area contributed by atoms with Gasteiger partial charge in [-0.3, -0.25) is 0 Å². The van der Waals surface area contributed by atoms with Crippen LogP contribution in [0.1, 0.15) is 17.5 Å². The summed E-state index contributed by atoms with van der Waals surface area (Å²) in [4.78, 5) is 17.6. The molecule has 0 unspecified atom stereocenters. The smallest absolute Gasteiger partial charge is 0.322 e. The minimum Gasteiger partial charge on any atom is -0.361 e. The molecule has 25 heavy (non-hydrogen) atoms. The maximum atomic E-state index is 12.5. The number of amides is 2. The minimum atomic E-state index is -0.0418. The summed E-state index contributed by atoms with van der Waals surface area (Å²) in [5.41, 5.74) is 5.68. The summed E-state index contributed by atoms with van der Waals surface area (Å²) in [6.07, 6.45) is 5.09. The van der Waals surface area contributed by atoms with Crippen molar-refractivity contribution in [1.29, 1.82) is 0 Å². The summed E-state index contributed by atoms with van der Waals surface area (Å²) in [7, 11) is 0. The molecule has 4 rings (SSSR count). The molecule has 4 nitrogen and oxygen atoms in total. The largest absolute Gasteiger partial charge is 0.361 e. The Labute approximate surface area is 147 Å². The van der Waals surface area contributed by atoms with Gasteiger partial charge in [-0.15, -0.1) is 0 Å². The van der Waals surface area contributed by atoms with E-state index in [1.54, 1.807) is 0 Å². The van der Waals surface area contributed by atoms with Crippen molar-refractivity contribution in [3.63, 3.8) is 0 Å². The number of hydrogen-bond acceptors (Lipinski definition) is 1. The van der Waals surface area contributed by atoms with Gasteiger partial charge in [-0.25, -0.2) is 4.79 Å². The standard InChI is InChI=1S/C21H21N3O/c1-15-5-4-6-17(13-15)23-21(25)24-11-9-16(10-12-24)19-14-22-20-8-3-2-7-18(19)20/h2-9,13-14,22H,10-12H2,1H3,(H,23,25). The molecule has 126 valence electrons. The third kappa shape index (κ3) is 3.15. The molecular weight excluding hydrogens is 310 g/mol. The molecule has 4 heteroatoms. The minimum absolute atomic E-state index is 0.0418. The van der Waals surface area contributed by atoms with Gasteiger partial charge in [-0.05, 0) is 42.7 Å². The first-order chi connectivity index (χ1) is 12.2. The number of carbonyl (C=O) groups is 1. The molecule has 1 aliphatic rings. The number of benzene rings is 2. The maximum Gasteiger partial charge on any atom is 0.322 e. The van der Waals surface area contributed by atoms with Gasteiger partial charge in [0.25, 0.3) is 0 Å². The van der Waals surface area contributed by atoms with Crippen LogP contribution >= 0.6 is 0 Å². The SMILES string of the molecule is Cc1cccc(NC(=O)N2CC=C(c3c[nH]c4ccccc34)CC2)c1. The third-order valence-electron chi connectivity index (χ3n) is 4.70. The highest BCUT2D eigenvalue weighted by atomic mass is 16.2. The van der Waals surface area contributed by atoms with E-state index in [0.29, 0.717) is 6.54 Å². The summed E-state index contributed by atoms with van der Waals surface area (Å²) in [6, 6.07) is 16.2. The van der Waals surface area contributed by atoms with Crippen molar-refractivity contribution in [1.82, 2.24) is 9.88 Å². The molecule has 3 aromatic rings. The lowest BCUT2D eigenvalue weighted by Gasteiger charge is -2.26. The average Bonchev–Trinajstić information content (AvgIpc) is 3.06. The molecule has 1 aliphatic heterocycles. The van der Waals surface area contributed by atoms with Gasteiger partial charge in [0.05, 0.1) is 0 Å². The molecule has 2 amide bonds. The Morgan fingerprint density at radius 3 is 2.84 bits per heavy atom. The van der Waals surface area contributed by atoms with Crippen molar-refractivity contribution in [2.24, 2.45) is 0 Å². The van der Waals surface area contributed by atoms with Crippen LogP contribution in [-0.2, 0) is 0 Å². The Morgan fingerprint density at radius 1 is 1.16 bits per heavy atom. The van der Waals surface area contributed by atoms with E-state index in [4.69, 9.17) is 0 Å². The Balaban J connectivity index is 1.47. The molecule has 0 saturated carbocycles. The molecule has 0 atom stereocenters. The number of H-pyrrole nitrogens is 1. The number of aromatic amines is 1. The van der Waals surface area contributed by atoms with Crippen LogP contribution in [-0.4, -0.2) is 29.0 Å². The maximum absolute atomic E-state index is 12.5. The lowest BCUT2D eigenvalue weighted by molar-refractivity contribution is 0.217. The number of para-hydroxylation sites is 1. The Kier molecular flexibility index (Phi) is 4.02. The van der Waals surface area contributed by atoms with Crippen LogP contribution in [0, 0.1) is 6.92 Å². The summed E-state index contributed by atoms with van der Waals surface area (Å²) >= 11 is 0. The van der Waals surface area contributed by atoms with Gasteiger partial charge in [-0.1, -0.05) is 36.4 Å². The van der Waals surface area contributed by atoms with E-state index < -0.39 is 0 Å². The Morgan fingerprint density at radius 2 is 2.04 bits per heavy atom. The molecule has 0 bridgehead atoms. The van der Waals surface area contributed by atoms with Crippen LogP contribution in [0.5, 0.6) is 0 Å². The average molecular weight is 331 g/mol. The van der Waals surface area contributed by atoms with Crippen molar-refractivity contribution in [3.05, 3.63) is 71.9 Å². The van der Waals surface area contributed by atoms with E-state index in [-0.39, 0.29) is 6.03 Å². The molecule has 2 aromatic carbocycles. The van der Waals surface area contributed by atoms with Crippen molar-refractivity contribution < 1.29 is 4.79 Å². The molecule has 0 spiro atoms. The number of anilines is 1. The van der Waals surface area contributed by atoms with Crippen LogP contribution < -0.4 is 5.32 Å². The predicted octanol–water partition coefficient (Wildman–Crippen LogP) is 4.80.